The Bertz CT molecular complexity index is 203. The van der Waals surface area contributed by atoms with Crippen LogP contribution in [0.15, 0.2) is 0 Å². The first-order chi connectivity index (χ1) is 6.88. The van der Waals surface area contributed by atoms with Gasteiger partial charge in [-0.2, -0.15) is 0 Å². The van der Waals surface area contributed by atoms with Gasteiger partial charge in [0.1, 0.15) is 0 Å². The van der Waals surface area contributed by atoms with E-state index in [0.29, 0.717) is 6.04 Å². The average molecular weight is 213 g/mol. The maximum atomic E-state index is 9.37. The third-order valence-corrected chi connectivity index (χ3v) is 4.46. The van der Waals surface area contributed by atoms with E-state index in [-0.39, 0.29) is 12.1 Å². The molecule has 90 valence electrons. The molecule has 2 nitrogen and oxygen atoms in total. The smallest absolute Gasteiger partial charge is 0.0610 e. The van der Waals surface area contributed by atoms with Gasteiger partial charge in [-0.25, -0.2) is 0 Å². The second kappa shape index (κ2) is 4.84. The van der Waals surface area contributed by atoms with Crippen LogP contribution in [0.3, 0.4) is 0 Å². The van der Waals surface area contributed by atoms with Crippen LogP contribution >= 0.6 is 0 Å². The predicted molar refractivity (Wildman–Crippen MR) is 64.9 cm³/mol. The molecule has 0 aromatic heterocycles. The van der Waals surface area contributed by atoms with Crippen LogP contribution in [0.5, 0.6) is 0 Å². The van der Waals surface area contributed by atoms with Crippen molar-refractivity contribution in [2.24, 2.45) is 11.8 Å². The molecule has 0 radical (unpaired) electrons. The largest absolute Gasteiger partial charge is 0.394 e. The topological polar surface area (TPSA) is 23.5 Å². The Morgan fingerprint density at radius 3 is 2.27 bits per heavy atom. The van der Waals surface area contributed by atoms with Gasteiger partial charge in [0.05, 0.1) is 6.61 Å². The summed E-state index contributed by atoms with van der Waals surface area (Å²) in [5.41, 5.74) is -0.0784. The SMILES string of the molecule is CC1CCC(N(C)C(C)(C)CO)CC1C. The molecule has 0 bridgehead atoms. The lowest BCUT2D eigenvalue weighted by atomic mass is 9.78. The molecule has 0 spiro atoms. The first-order valence-electron chi connectivity index (χ1n) is 6.22. The van der Waals surface area contributed by atoms with E-state index in [1.165, 1.54) is 19.3 Å². The molecule has 1 rings (SSSR count). The fourth-order valence-corrected chi connectivity index (χ4v) is 2.48. The fourth-order valence-electron chi connectivity index (χ4n) is 2.48. The third-order valence-electron chi connectivity index (χ3n) is 4.46. The van der Waals surface area contributed by atoms with E-state index in [1.807, 2.05) is 0 Å². The van der Waals surface area contributed by atoms with Gasteiger partial charge >= 0.3 is 0 Å². The molecule has 1 aliphatic carbocycles. The molecule has 1 fully saturated rings. The molecule has 0 aromatic rings. The minimum absolute atomic E-state index is 0.0784. The molecule has 3 atom stereocenters. The zero-order valence-corrected chi connectivity index (χ0v) is 11.0. The fraction of sp³-hybridized carbons (Fsp3) is 1.00. The van der Waals surface area contributed by atoms with E-state index in [4.69, 9.17) is 0 Å². The summed E-state index contributed by atoms with van der Waals surface area (Å²) in [5, 5.41) is 9.37. The van der Waals surface area contributed by atoms with Crippen molar-refractivity contribution in [1.29, 1.82) is 0 Å². The number of rotatable bonds is 3. The summed E-state index contributed by atoms with van der Waals surface area (Å²) in [5.74, 6) is 1.69. The molecule has 15 heavy (non-hydrogen) atoms. The highest BCUT2D eigenvalue weighted by atomic mass is 16.3. The van der Waals surface area contributed by atoms with Crippen LogP contribution in [0, 0.1) is 11.8 Å². The lowest BCUT2D eigenvalue weighted by Crippen LogP contribution is -2.51. The number of hydrogen-bond donors (Lipinski definition) is 1. The van der Waals surface area contributed by atoms with E-state index in [2.05, 4.69) is 39.6 Å². The maximum Gasteiger partial charge on any atom is 0.0610 e. The van der Waals surface area contributed by atoms with Gasteiger partial charge in [-0.15, -0.1) is 0 Å². The van der Waals surface area contributed by atoms with Crippen molar-refractivity contribution in [1.82, 2.24) is 4.90 Å². The molecule has 0 heterocycles. The average Bonchev–Trinajstić information content (AvgIpc) is 2.21. The molecule has 2 heteroatoms. The molecule has 0 aromatic carbocycles. The van der Waals surface area contributed by atoms with Gasteiger partial charge in [0.2, 0.25) is 0 Å². The first-order valence-corrected chi connectivity index (χ1v) is 6.22. The van der Waals surface area contributed by atoms with Crippen molar-refractivity contribution in [3.05, 3.63) is 0 Å². The standard InChI is InChI=1S/C13H27NO/c1-10-6-7-12(8-11(10)2)14(5)13(3,4)9-15/h10-12,15H,6-9H2,1-5H3. The van der Waals surface area contributed by atoms with Crippen LogP contribution in [0.4, 0.5) is 0 Å². The summed E-state index contributed by atoms with van der Waals surface area (Å²) in [4.78, 5) is 2.37. The molecular formula is C13H27NO. The molecule has 0 aliphatic heterocycles. The Morgan fingerprint density at radius 2 is 1.80 bits per heavy atom. The van der Waals surface area contributed by atoms with Crippen molar-refractivity contribution in [2.75, 3.05) is 13.7 Å². The normalized spacial score (nSPS) is 33.4. The van der Waals surface area contributed by atoms with Crippen molar-refractivity contribution in [3.63, 3.8) is 0 Å². The lowest BCUT2D eigenvalue weighted by Gasteiger charge is -2.44. The highest BCUT2D eigenvalue weighted by molar-refractivity contribution is 4.88. The Morgan fingerprint density at radius 1 is 1.20 bits per heavy atom. The van der Waals surface area contributed by atoms with Crippen LogP contribution in [-0.4, -0.2) is 35.2 Å². The van der Waals surface area contributed by atoms with E-state index < -0.39 is 0 Å². The second-order valence-corrected chi connectivity index (χ2v) is 6.00. The molecule has 3 unspecified atom stereocenters. The minimum Gasteiger partial charge on any atom is -0.394 e. The van der Waals surface area contributed by atoms with Gasteiger partial charge in [0.25, 0.3) is 0 Å². The van der Waals surface area contributed by atoms with Crippen molar-refractivity contribution >= 4 is 0 Å². The molecule has 1 saturated carbocycles. The van der Waals surface area contributed by atoms with Crippen LogP contribution < -0.4 is 0 Å². The maximum absolute atomic E-state index is 9.37. The van der Waals surface area contributed by atoms with Crippen LogP contribution in [0.25, 0.3) is 0 Å². The first kappa shape index (κ1) is 13.0. The van der Waals surface area contributed by atoms with E-state index in [0.717, 1.165) is 11.8 Å². The van der Waals surface area contributed by atoms with Gasteiger partial charge in [0.15, 0.2) is 0 Å². The molecule has 0 amide bonds. The highest BCUT2D eigenvalue weighted by Crippen LogP contribution is 2.33. The van der Waals surface area contributed by atoms with Crippen molar-refractivity contribution < 1.29 is 5.11 Å². The summed E-state index contributed by atoms with van der Waals surface area (Å²) in [6.45, 7) is 9.20. The number of hydrogen-bond acceptors (Lipinski definition) is 2. The Balaban J connectivity index is 2.58. The zero-order valence-electron chi connectivity index (χ0n) is 11.0. The second-order valence-electron chi connectivity index (χ2n) is 6.00. The van der Waals surface area contributed by atoms with Gasteiger partial charge in [0, 0.05) is 11.6 Å². The number of likely N-dealkylation sites (N-methyl/N-ethyl adjacent to an activating group) is 1. The Labute approximate surface area is 94.7 Å². The third kappa shape index (κ3) is 2.94. The van der Waals surface area contributed by atoms with Crippen LogP contribution in [-0.2, 0) is 0 Å². The Hall–Kier alpha value is -0.0800. The van der Waals surface area contributed by atoms with Gasteiger partial charge in [-0.3, -0.25) is 4.90 Å². The molecule has 0 saturated heterocycles. The zero-order chi connectivity index (χ0) is 11.6. The van der Waals surface area contributed by atoms with Gasteiger partial charge < -0.3 is 5.11 Å². The predicted octanol–water partition coefficient (Wildman–Crippen LogP) is 2.51. The van der Waals surface area contributed by atoms with Crippen molar-refractivity contribution in [2.45, 2.75) is 58.5 Å². The monoisotopic (exact) mass is 213 g/mol. The molecular weight excluding hydrogens is 186 g/mol. The number of aliphatic hydroxyl groups is 1. The highest BCUT2D eigenvalue weighted by Gasteiger charge is 2.33. The van der Waals surface area contributed by atoms with Crippen LogP contribution in [0.2, 0.25) is 0 Å². The van der Waals surface area contributed by atoms with E-state index in [1.54, 1.807) is 0 Å². The Kier molecular flexibility index (Phi) is 4.19. The van der Waals surface area contributed by atoms with Crippen LogP contribution in [0.1, 0.15) is 47.0 Å². The van der Waals surface area contributed by atoms with Gasteiger partial charge in [-0.1, -0.05) is 13.8 Å². The summed E-state index contributed by atoms with van der Waals surface area (Å²) in [7, 11) is 2.16. The summed E-state index contributed by atoms with van der Waals surface area (Å²) in [6.07, 6.45) is 3.89. The van der Waals surface area contributed by atoms with Crippen molar-refractivity contribution in [3.8, 4) is 0 Å². The minimum atomic E-state index is -0.0784. The van der Waals surface area contributed by atoms with E-state index in [9.17, 15) is 5.11 Å². The van der Waals surface area contributed by atoms with Gasteiger partial charge in [-0.05, 0) is 52.0 Å². The summed E-state index contributed by atoms with van der Waals surface area (Å²) in [6, 6.07) is 0.651. The molecule has 1 N–H and O–H groups in total. The number of aliphatic hydroxyl groups excluding tert-OH is 1. The number of nitrogens with zero attached hydrogens (tertiary/aromatic N) is 1. The van der Waals surface area contributed by atoms with E-state index >= 15 is 0 Å². The lowest BCUT2D eigenvalue weighted by molar-refractivity contribution is 0.0160. The summed E-state index contributed by atoms with van der Waals surface area (Å²) < 4.78 is 0. The molecule has 1 aliphatic rings. The quantitative estimate of drug-likeness (QED) is 0.778. The summed E-state index contributed by atoms with van der Waals surface area (Å²) >= 11 is 0.